The van der Waals surface area contributed by atoms with Crippen molar-refractivity contribution in [3.05, 3.63) is 71.3 Å². The maximum Gasteiger partial charge on any atom is 0.251 e. The minimum atomic E-state index is 0.00677. The average Bonchev–Trinajstić information content (AvgIpc) is 2.60. The topological polar surface area (TPSA) is 44.4 Å². The highest BCUT2D eigenvalue weighted by molar-refractivity contribution is 5.95. The van der Waals surface area contributed by atoms with Crippen molar-refractivity contribution in [3.8, 4) is 0 Å². The first kappa shape index (κ1) is 19.2. The van der Waals surface area contributed by atoms with Gasteiger partial charge in [-0.1, -0.05) is 48.5 Å². The van der Waals surface area contributed by atoms with Crippen LogP contribution in [0.3, 0.4) is 0 Å². The van der Waals surface area contributed by atoms with Crippen molar-refractivity contribution < 1.29 is 4.79 Å². The predicted octanol–water partition coefficient (Wildman–Crippen LogP) is 2.70. The first-order valence-corrected chi connectivity index (χ1v) is 8.86. The molecule has 0 saturated heterocycles. The second-order valence-corrected chi connectivity index (χ2v) is 6.57. The van der Waals surface area contributed by atoms with Gasteiger partial charge in [-0.25, -0.2) is 0 Å². The van der Waals surface area contributed by atoms with E-state index in [1.165, 1.54) is 5.56 Å². The molecule has 0 fully saturated rings. The predicted molar refractivity (Wildman–Crippen MR) is 104 cm³/mol. The summed E-state index contributed by atoms with van der Waals surface area (Å²) in [4.78, 5) is 14.9. The lowest BCUT2D eigenvalue weighted by molar-refractivity contribution is 0.0930. The van der Waals surface area contributed by atoms with Crippen LogP contribution in [-0.2, 0) is 13.0 Å². The van der Waals surface area contributed by atoms with E-state index in [9.17, 15) is 4.79 Å². The van der Waals surface area contributed by atoms with Crippen molar-refractivity contribution in [3.63, 3.8) is 0 Å². The van der Waals surface area contributed by atoms with E-state index in [1.54, 1.807) is 0 Å². The van der Waals surface area contributed by atoms with E-state index < -0.39 is 0 Å². The molecule has 1 unspecified atom stereocenters. The van der Waals surface area contributed by atoms with E-state index in [-0.39, 0.29) is 11.9 Å². The van der Waals surface area contributed by atoms with Crippen LogP contribution in [0.5, 0.6) is 0 Å². The molecule has 0 bridgehead atoms. The van der Waals surface area contributed by atoms with E-state index in [1.807, 2.05) is 37.4 Å². The summed E-state index contributed by atoms with van der Waals surface area (Å²) < 4.78 is 0. The lowest BCUT2D eigenvalue weighted by Crippen LogP contribution is -2.40. The number of likely N-dealkylation sites (N-methyl/N-ethyl adjacent to an activating group) is 2. The molecule has 0 aromatic heterocycles. The third-order valence-corrected chi connectivity index (χ3v) is 4.16. The second-order valence-electron chi connectivity index (χ2n) is 6.57. The smallest absolute Gasteiger partial charge is 0.251 e. The molecule has 4 heteroatoms. The summed E-state index contributed by atoms with van der Waals surface area (Å²) in [6.07, 6.45) is 0.850. The molecule has 0 saturated carbocycles. The number of carbonyl (C=O) groups excluding carboxylic acids is 1. The monoisotopic (exact) mass is 339 g/mol. The summed E-state index contributed by atoms with van der Waals surface area (Å²) in [6.45, 7) is 4.59. The molecule has 0 spiro atoms. The van der Waals surface area contributed by atoms with Crippen molar-refractivity contribution >= 4 is 5.91 Å². The van der Waals surface area contributed by atoms with Crippen molar-refractivity contribution in [1.29, 1.82) is 0 Å². The van der Waals surface area contributed by atoms with E-state index in [0.717, 1.165) is 37.2 Å². The largest absolute Gasteiger partial charge is 0.348 e. The van der Waals surface area contributed by atoms with E-state index >= 15 is 0 Å². The number of carbonyl (C=O) groups is 1. The SMILES string of the molecule is CNCCc1ccccc1C(=O)NC(C)CN(C)Cc1ccccc1. The number of nitrogens with one attached hydrogen (secondary N) is 2. The molecule has 2 N–H and O–H groups in total. The Kier molecular flexibility index (Phi) is 7.64. The quantitative estimate of drug-likeness (QED) is 0.738. The van der Waals surface area contributed by atoms with Crippen LogP contribution in [0.25, 0.3) is 0 Å². The van der Waals surface area contributed by atoms with Crippen LogP contribution in [0, 0.1) is 0 Å². The van der Waals surface area contributed by atoms with Crippen molar-refractivity contribution in [2.45, 2.75) is 25.9 Å². The zero-order valence-electron chi connectivity index (χ0n) is 15.5. The fraction of sp³-hybridized carbons (Fsp3) is 0.381. The molecule has 1 amide bonds. The highest BCUT2D eigenvalue weighted by Gasteiger charge is 2.14. The first-order chi connectivity index (χ1) is 12.1. The number of hydrogen-bond donors (Lipinski definition) is 2. The number of hydrogen-bond acceptors (Lipinski definition) is 3. The number of rotatable bonds is 9. The summed E-state index contributed by atoms with van der Waals surface area (Å²) in [5.74, 6) is 0.00677. The third kappa shape index (κ3) is 6.33. The molecule has 0 aliphatic rings. The summed E-state index contributed by atoms with van der Waals surface area (Å²) in [6, 6.07) is 18.3. The van der Waals surface area contributed by atoms with Gasteiger partial charge in [-0.3, -0.25) is 4.79 Å². The molecule has 4 nitrogen and oxygen atoms in total. The lowest BCUT2D eigenvalue weighted by Gasteiger charge is -2.22. The van der Waals surface area contributed by atoms with Gasteiger partial charge in [-0.05, 0) is 51.2 Å². The Balaban J connectivity index is 1.89. The van der Waals surface area contributed by atoms with Gasteiger partial charge in [-0.2, -0.15) is 0 Å². The van der Waals surface area contributed by atoms with Gasteiger partial charge < -0.3 is 15.5 Å². The molecule has 2 aromatic carbocycles. The zero-order valence-corrected chi connectivity index (χ0v) is 15.5. The van der Waals surface area contributed by atoms with Gasteiger partial charge in [0.1, 0.15) is 0 Å². The van der Waals surface area contributed by atoms with E-state index in [0.29, 0.717) is 0 Å². The molecule has 25 heavy (non-hydrogen) atoms. The van der Waals surface area contributed by atoms with Crippen LogP contribution < -0.4 is 10.6 Å². The Bertz CT molecular complexity index is 657. The summed E-state index contributed by atoms with van der Waals surface area (Å²) in [5.41, 5.74) is 3.13. The van der Waals surface area contributed by atoms with Gasteiger partial charge in [0.2, 0.25) is 0 Å². The maximum atomic E-state index is 12.6. The molecular formula is C21H29N3O. The molecule has 134 valence electrons. The van der Waals surface area contributed by atoms with Crippen LogP contribution >= 0.6 is 0 Å². The first-order valence-electron chi connectivity index (χ1n) is 8.86. The van der Waals surface area contributed by atoms with Crippen LogP contribution in [-0.4, -0.2) is 44.0 Å². The van der Waals surface area contributed by atoms with Gasteiger partial charge in [0.05, 0.1) is 0 Å². The Labute approximate surface area is 151 Å². The van der Waals surface area contributed by atoms with Gasteiger partial charge in [0.25, 0.3) is 5.91 Å². The molecule has 0 aliphatic carbocycles. The highest BCUT2D eigenvalue weighted by atomic mass is 16.1. The second kappa shape index (κ2) is 9.97. The van der Waals surface area contributed by atoms with Gasteiger partial charge in [0.15, 0.2) is 0 Å². The maximum absolute atomic E-state index is 12.6. The average molecular weight is 339 g/mol. The van der Waals surface area contributed by atoms with Gasteiger partial charge in [0, 0.05) is 24.7 Å². The van der Waals surface area contributed by atoms with Crippen molar-refractivity contribution in [2.24, 2.45) is 0 Å². The van der Waals surface area contributed by atoms with Crippen LogP contribution in [0.15, 0.2) is 54.6 Å². The van der Waals surface area contributed by atoms with Crippen LogP contribution in [0.1, 0.15) is 28.4 Å². The summed E-state index contributed by atoms with van der Waals surface area (Å²) >= 11 is 0. The van der Waals surface area contributed by atoms with Gasteiger partial charge in [-0.15, -0.1) is 0 Å². The van der Waals surface area contributed by atoms with E-state index in [2.05, 4.69) is 53.8 Å². The number of benzene rings is 2. The highest BCUT2D eigenvalue weighted by Crippen LogP contribution is 2.10. The standard InChI is InChI=1S/C21H29N3O/c1-17(15-24(3)16-18-9-5-4-6-10-18)23-21(25)20-12-8-7-11-19(20)13-14-22-2/h4-12,17,22H,13-16H2,1-3H3,(H,23,25). The Morgan fingerprint density at radius 1 is 1.08 bits per heavy atom. The van der Waals surface area contributed by atoms with Crippen molar-refractivity contribution in [1.82, 2.24) is 15.5 Å². The van der Waals surface area contributed by atoms with Crippen molar-refractivity contribution in [2.75, 3.05) is 27.2 Å². The number of amides is 1. The van der Waals surface area contributed by atoms with Crippen LogP contribution in [0.2, 0.25) is 0 Å². The lowest BCUT2D eigenvalue weighted by atomic mass is 10.0. The Morgan fingerprint density at radius 2 is 1.76 bits per heavy atom. The Morgan fingerprint density at radius 3 is 2.48 bits per heavy atom. The number of nitrogens with zero attached hydrogens (tertiary/aromatic N) is 1. The summed E-state index contributed by atoms with van der Waals surface area (Å²) in [5, 5.41) is 6.26. The summed E-state index contributed by atoms with van der Waals surface area (Å²) in [7, 11) is 4.00. The van der Waals surface area contributed by atoms with Crippen LogP contribution in [0.4, 0.5) is 0 Å². The minimum absolute atomic E-state index is 0.00677. The molecular weight excluding hydrogens is 310 g/mol. The fourth-order valence-electron chi connectivity index (χ4n) is 2.99. The molecule has 2 aromatic rings. The molecule has 2 rings (SSSR count). The molecule has 0 heterocycles. The molecule has 0 aliphatic heterocycles. The fourth-order valence-corrected chi connectivity index (χ4v) is 2.99. The zero-order chi connectivity index (χ0) is 18.1. The normalized spacial score (nSPS) is 12.2. The molecule has 1 atom stereocenters. The Hall–Kier alpha value is -2.17. The molecule has 0 radical (unpaired) electrons. The van der Waals surface area contributed by atoms with Gasteiger partial charge >= 0.3 is 0 Å². The minimum Gasteiger partial charge on any atom is -0.348 e. The van der Waals surface area contributed by atoms with E-state index in [4.69, 9.17) is 0 Å². The third-order valence-electron chi connectivity index (χ3n) is 4.16.